The SMILES string of the molecule is COC(=O)c1nc(-c2csc([C@H](CCCNC(=O)OCc3ccccc3)NC(=O)OC(C)(C)C)n2)oc1C. The van der Waals surface area contributed by atoms with Gasteiger partial charge < -0.3 is 29.3 Å². The number of thiazole rings is 1. The van der Waals surface area contributed by atoms with Gasteiger partial charge in [0, 0.05) is 11.9 Å². The average Bonchev–Trinajstić information content (AvgIpc) is 3.50. The van der Waals surface area contributed by atoms with Gasteiger partial charge in [-0.25, -0.2) is 24.4 Å². The number of rotatable bonds is 10. The summed E-state index contributed by atoms with van der Waals surface area (Å²) < 4.78 is 21.0. The van der Waals surface area contributed by atoms with Crippen molar-refractivity contribution < 1.29 is 33.0 Å². The number of benzene rings is 1. The van der Waals surface area contributed by atoms with Crippen molar-refractivity contribution in [3.8, 4) is 11.6 Å². The normalized spacial score (nSPS) is 11.9. The maximum atomic E-state index is 12.5. The van der Waals surface area contributed by atoms with E-state index in [9.17, 15) is 14.4 Å². The number of alkyl carbamates (subject to hydrolysis) is 2. The van der Waals surface area contributed by atoms with E-state index in [1.165, 1.54) is 18.4 Å². The molecule has 0 unspecified atom stereocenters. The van der Waals surface area contributed by atoms with E-state index in [2.05, 4.69) is 20.6 Å². The third-order valence-electron chi connectivity index (χ3n) is 5.06. The van der Waals surface area contributed by atoms with Crippen LogP contribution in [-0.4, -0.2) is 47.4 Å². The molecule has 0 bridgehead atoms. The topological polar surface area (TPSA) is 142 Å². The first kappa shape index (κ1) is 28.6. The van der Waals surface area contributed by atoms with E-state index in [1.54, 1.807) is 33.1 Å². The quantitative estimate of drug-likeness (QED) is 0.201. The number of amides is 2. The zero-order valence-corrected chi connectivity index (χ0v) is 22.8. The van der Waals surface area contributed by atoms with Crippen LogP contribution in [0, 0.1) is 6.92 Å². The van der Waals surface area contributed by atoms with Crippen LogP contribution in [0.4, 0.5) is 9.59 Å². The third-order valence-corrected chi connectivity index (χ3v) is 6.02. The third kappa shape index (κ3) is 8.58. The second-order valence-corrected chi connectivity index (χ2v) is 10.2. The molecule has 0 saturated heterocycles. The number of carbonyl (C=O) groups excluding carboxylic acids is 3. The maximum absolute atomic E-state index is 12.5. The molecule has 0 saturated carbocycles. The molecule has 0 fully saturated rings. The molecule has 0 aliphatic carbocycles. The first-order chi connectivity index (χ1) is 18.1. The number of nitrogens with one attached hydrogen (secondary N) is 2. The molecule has 3 aromatic rings. The molecule has 2 amide bonds. The molecule has 12 heteroatoms. The minimum Gasteiger partial charge on any atom is -0.464 e. The molecular formula is C26H32N4O7S. The molecule has 0 radical (unpaired) electrons. The predicted molar refractivity (Wildman–Crippen MR) is 140 cm³/mol. The van der Waals surface area contributed by atoms with E-state index in [4.69, 9.17) is 18.6 Å². The molecule has 1 aromatic carbocycles. The standard InChI is InChI=1S/C26H32N4O7S/c1-16-20(23(31)34-5)30-21(36-16)19-15-38-22(28-19)18(29-25(33)37-26(2,3)4)12-9-13-27-24(32)35-14-17-10-7-6-8-11-17/h6-8,10-11,15,18H,9,12-14H2,1-5H3,(H,27,32)(H,29,33)/t18-/m0/s1. The molecule has 2 aromatic heterocycles. The highest BCUT2D eigenvalue weighted by atomic mass is 32.1. The van der Waals surface area contributed by atoms with E-state index >= 15 is 0 Å². The molecule has 0 aliphatic rings. The Kier molecular flexibility index (Phi) is 9.83. The number of oxazole rings is 1. The van der Waals surface area contributed by atoms with Gasteiger partial charge in [0.1, 0.15) is 28.7 Å². The number of ether oxygens (including phenoxy) is 3. The monoisotopic (exact) mass is 544 g/mol. The van der Waals surface area contributed by atoms with Gasteiger partial charge in [-0.05, 0) is 46.1 Å². The number of aromatic nitrogens is 2. The minimum absolute atomic E-state index is 0.0747. The fourth-order valence-corrected chi connectivity index (χ4v) is 4.19. The number of hydrogen-bond donors (Lipinski definition) is 2. The molecule has 11 nitrogen and oxygen atoms in total. The first-order valence-corrected chi connectivity index (χ1v) is 12.9. The van der Waals surface area contributed by atoms with Crippen LogP contribution in [0.25, 0.3) is 11.6 Å². The van der Waals surface area contributed by atoms with Crippen LogP contribution in [0.2, 0.25) is 0 Å². The van der Waals surface area contributed by atoms with Crippen molar-refractivity contribution in [3.05, 3.63) is 57.7 Å². The summed E-state index contributed by atoms with van der Waals surface area (Å²) in [6.07, 6.45) is -0.124. The molecule has 204 valence electrons. The Morgan fingerprint density at radius 3 is 2.53 bits per heavy atom. The summed E-state index contributed by atoms with van der Waals surface area (Å²) in [6.45, 7) is 7.45. The summed E-state index contributed by atoms with van der Waals surface area (Å²) >= 11 is 1.30. The fourth-order valence-electron chi connectivity index (χ4n) is 3.32. The van der Waals surface area contributed by atoms with Crippen LogP contribution in [0.15, 0.2) is 40.1 Å². The van der Waals surface area contributed by atoms with Crippen molar-refractivity contribution in [2.75, 3.05) is 13.7 Å². The van der Waals surface area contributed by atoms with Crippen LogP contribution < -0.4 is 10.6 Å². The van der Waals surface area contributed by atoms with Gasteiger partial charge in [0.2, 0.25) is 5.89 Å². The number of methoxy groups -OCH3 is 1. The number of hydrogen-bond acceptors (Lipinski definition) is 10. The second kappa shape index (κ2) is 13.0. The highest BCUT2D eigenvalue weighted by molar-refractivity contribution is 7.10. The molecule has 0 spiro atoms. The first-order valence-electron chi connectivity index (χ1n) is 12.0. The van der Waals surface area contributed by atoms with E-state index < -0.39 is 29.8 Å². The van der Waals surface area contributed by atoms with Gasteiger partial charge in [-0.3, -0.25) is 0 Å². The summed E-state index contributed by atoms with van der Waals surface area (Å²) in [5, 5.41) is 7.89. The highest BCUT2D eigenvalue weighted by Crippen LogP contribution is 2.29. The Hall–Kier alpha value is -3.93. The lowest BCUT2D eigenvalue weighted by Gasteiger charge is -2.23. The molecule has 3 rings (SSSR count). The predicted octanol–water partition coefficient (Wildman–Crippen LogP) is 5.17. The number of esters is 1. The smallest absolute Gasteiger partial charge is 0.408 e. The average molecular weight is 545 g/mol. The van der Waals surface area contributed by atoms with Crippen molar-refractivity contribution in [2.45, 2.75) is 58.8 Å². The Morgan fingerprint density at radius 1 is 1.11 bits per heavy atom. The van der Waals surface area contributed by atoms with Crippen molar-refractivity contribution in [3.63, 3.8) is 0 Å². The van der Waals surface area contributed by atoms with Gasteiger partial charge in [-0.15, -0.1) is 11.3 Å². The Bertz CT molecular complexity index is 1230. The summed E-state index contributed by atoms with van der Waals surface area (Å²) in [4.78, 5) is 45.2. The summed E-state index contributed by atoms with van der Waals surface area (Å²) in [6, 6.07) is 8.89. The van der Waals surface area contributed by atoms with E-state index in [-0.39, 0.29) is 18.2 Å². The number of aryl methyl sites for hydroxylation is 1. The van der Waals surface area contributed by atoms with Crippen LogP contribution in [0.1, 0.15) is 66.5 Å². The fraction of sp³-hybridized carbons (Fsp3) is 0.423. The van der Waals surface area contributed by atoms with Crippen LogP contribution in [0.3, 0.4) is 0 Å². The van der Waals surface area contributed by atoms with Gasteiger partial charge in [-0.1, -0.05) is 30.3 Å². The summed E-state index contributed by atoms with van der Waals surface area (Å²) in [5.74, 6) is -0.119. The lowest BCUT2D eigenvalue weighted by Crippen LogP contribution is -2.35. The lowest BCUT2D eigenvalue weighted by atomic mass is 10.1. The largest absolute Gasteiger partial charge is 0.464 e. The highest BCUT2D eigenvalue weighted by Gasteiger charge is 2.25. The van der Waals surface area contributed by atoms with Crippen molar-refractivity contribution in [1.29, 1.82) is 0 Å². The van der Waals surface area contributed by atoms with Gasteiger partial charge in [-0.2, -0.15) is 0 Å². The van der Waals surface area contributed by atoms with Gasteiger partial charge in [0.05, 0.1) is 13.2 Å². The van der Waals surface area contributed by atoms with Crippen molar-refractivity contribution in [1.82, 2.24) is 20.6 Å². The maximum Gasteiger partial charge on any atom is 0.408 e. The zero-order valence-electron chi connectivity index (χ0n) is 22.0. The Balaban J connectivity index is 1.62. The number of nitrogens with zero attached hydrogens (tertiary/aromatic N) is 2. The second-order valence-electron chi connectivity index (χ2n) is 9.32. The molecule has 1 atom stereocenters. The molecule has 38 heavy (non-hydrogen) atoms. The Morgan fingerprint density at radius 2 is 1.84 bits per heavy atom. The lowest BCUT2D eigenvalue weighted by molar-refractivity contribution is 0.0499. The van der Waals surface area contributed by atoms with Crippen LogP contribution in [-0.2, 0) is 20.8 Å². The van der Waals surface area contributed by atoms with Crippen LogP contribution >= 0.6 is 11.3 Å². The number of carbonyl (C=O) groups is 3. The summed E-state index contributed by atoms with van der Waals surface area (Å²) in [7, 11) is 1.27. The van der Waals surface area contributed by atoms with Crippen LogP contribution in [0.5, 0.6) is 0 Å². The van der Waals surface area contributed by atoms with Gasteiger partial charge in [0.15, 0.2) is 5.69 Å². The summed E-state index contributed by atoms with van der Waals surface area (Å²) in [5.41, 5.74) is 0.712. The van der Waals surface area contributed by atoms with Crippen molar-refractivity contribution >= 4 is 29.5 Å². The minimum atomic E-state index is -0.674. The van der Waals surface area contributed by atoms with E-state index in [0.29, 0.717) is 35.8 Å². The van der Waals surface area contributed by atoms with Crippen molar-refractivity contribution in [2.24, 2.45) is 0 Å². The Labute approximate surface area is 224 Å². The van der Waals surface area contributed by atoms with Gasteiger partial charge in [0.25, 0.3) is 0 Å². The molecule has 2 heterocycles. The zero-order chi connectivity index (χ0) is 27.7. The van der Waals surface area contributed by atoms with Gasteiger partial charge >= 0.3 is 18.2 Å². The van der Waals surface area contributed by atoms with E-state index in [1.807, 2.05) is 30.3 Å². The van der Waals surface area contributed by atoms with E-state index in [0.717, 1.165) is 5.56 Å². The molecular weight excluding hydrogens is 512 g/mol. The molecule has 2 N–H and O–H groups in total. The molecule has 0 aliphatic heterocycles.